The number of nitrogens with one attached hydrogen (secondary N) is 2. The lowest BCUT2D eigenvalue weighted by Gasteiger charge is -2.48. The third kappa shape index (κ3) is 5.88. The molecule has 0 saturated heterocycles. The number of aliphatic imine (C=N–C) groups is 1. The van der Waals surface area contributed by atoms with E-state index in [2.05, 4.69) is 47.7 Å². The topological polar surface area (TPSA) is 107 Å². The number of allylic oxidation sites excluding steroid dienone is 2. The zero-order chi connectivity index (χ0) is 31.2. The number of carbonyl (C=O) groups excluding carboxylic acids is 2. The van der Waals surface area contributed by atoms with Crippen molar-refractivity contribution in [1.82, 2.24) is 25.7 Å². The lowest BCUT2D eigenvalue weighted by molar-refractivity contribution is -0.738. The standard InChI is InChI=1S/C33H39ClFN7O2/c1-32(2,3)24-14-16-33(17-15-24)37-28(23-12-13-26(35)25(34)18-23)31(44)42(33)29(21-8-9-21)20-6-5-7-22(11-10-20)30(43)36-19-27-38-39-40-41(27)4/h6-7,10-13,18,21,24,29H,5,8-9,14-17,19H2,1-4H3,(H,36,43)/p+1. The lowest BCUT2D eigenvalue weighted by atomic mass is 9.69. The molecule has 1 atom stereocenters. The number of aromatic nitrogens is 4. The molecule has 44 heavy (non-hydrogen) atoms. The van der Waals surface area contributed by atoms with Crippen LogP contribution in [0.1, 0.15) is 77.1 Å². The molecule has 1 unspecified atom stereocenters. The number of aromatic amines is 1. The molecule has 2 aromatic rings. The Kier molecular flexibility index (Phi) is 8.07. The Morgan fingerprint density at radius 3 is 2.59 bits per heavy atom. The summed E-state index contributed by atoms with van der Waals surface area (Å²) in [7, 11) is 1.78. The Morgan fingerprint density at radius 2 is 1.95 bits per heavy atom. The number of rotatable bonds is 7. The fraction of sp³-hybridized carbons (Fsp3) is 0.515. The van der Waals surface area contributed by atoms with Crippen LogP contribution in [-0.4, -0.2) is 49.7 Å². The summed E-state index contributed by atoms with van der Waals surface area (Å²) < 4.78 is 15.7. The van der Waals surface area contributed by atoms with Gasteiger partial charge >= 0.3 is 5.82 Å². The zero-order valence-corrected chi connectivity index (χ0v) is 26.5. The minimum atomic E-state index is -0.677. The summed E-state index contributed by atoms with van der Waals surface area (Å²) in [4.78, 5) is 34.8. The molecule has 0 radical (unpaired) electrons. The maximum absolute atomic E-state index is 14.5. The Balaban J connectivity index is 1.29. The zero-order valence-electron chi connectivity index (χ0n) is 25.7. The van der Waals surface area contributed by atoms with Gasteiger partial charge in [0.2, 0.25) is 0 Å². The molecule has 2 saturated carbocycles. The van der Waals surface area contributed by atoms with Gasteiger partial charge in [0.1, 0.15) is 28.8 Å². The van der Waals surface area contributed by atoms with Crippen molar-refractivity contribution < 1.29 is 18.7 Å². The normalized spacial score (nSPS) is 24.6. The van der Waals surface area contributed by atoms with E-state index in [0.717, 1.165) is 44.1 Å². The molecule has 11 heteroatoms. The number of H-pyrrole nitrogens is 1. The summed E-state index contributed by atoms with van der Waals surface area (Å²) >= 11 is 6.16. The van der Waals surface area contributed by atoms with E-state index in [4.69, 9.17) is 16.6 Å². The monoisotopic (exact) mass is 620 g/mol. The largest absolute Gasteiger partial charge is 0.341 e. The minimum Gasteiger partial charge on any atom is -0.341 e. The van der Waals surface area contributed by atoms with Crippen molar-refractivity contribution in [2.45, 2.75) is 84.0 Å². The highest BCUT2D eigenvalue weighted by atomic mass is 35.5. The van der Waals surface area contributed by atoms with Crippen LogP contribution >= 0.6 is 11.6 Å². The summed E-state index contributed by atoms with van der Waals surface area (Å²) in [5.41, 5.74) is 1.97. The number of amides is 2. The predicted molar refractivity (Wildman–Crippen MR) is 165 cm³/mol. The van der Waals surface area contributed by atoms with E-state index in [1.165, 1.54) is 12.1 Å². The maximum atomic E-state index is 14.5. The average Bonchev–Trinajstić information content (AvgIpc) is 3.74. The molecule has 0 bridgehead atoms. The Morgan fingerprint density at radius 1 is 1.20 bits per heavy atom. The van der Waals surface area contributed by atoms with Crippen molar-refractivity contribution >= 4 is 29.1 Å². The minimum absolute atomic E-state index is 0.0238. The number of hydrogen-bond acceptors (Lipinski definition) is 5. The van der Waals surface area contributed by atoms with Gasteiger partial charge in [0, 0.05) is 11.1 Å². The van der Waals surface area contributed by atoms with Crippen molar-refractivity contribution in [3.63, 3.8) is 0 Å². The van der Waals surface area contributed by atoms with Crippen LogP contribution in [0.2, 0.25) is 5.02 Å². The van der Waals surface area contributed by atoms with Gasteiger partial charge in [-0.2, -0.15) is 4.68 Å². The van der Waals surface area contributed by atoms with Gasteiger partial charge in [-0.05, 0) is 92.0 Å². The number of aryl methyl sites for hydroxylation is 1. The van der Waals surface area contributed by atoms with Gasteiger partial charge in [-0.3, -0.25) is 14.6 Å². The molecular formula is C33H40ClFN7O2+. The Hall–Kier alpha value is -3.66. The van der Waals surface area contributed by atoms with E-state index in [1.807, 2.05) is 23.1 Å². The SMILES string of the molecule is C[n+]1[nH]nnc1CNC(=O)C1=CCC=C(C(C2CC2)N2C(=O)C(c3ccc(F)c(Cl)c3)=NC23CCC(C(C)(C)C)CC3)C=C1. The van der Waals surface area contributed by atoms with Crippen LogP contribution in [0, 0.1) is 23.1 Å². The van der Waals surface area contributed by atoms with Crippen LogP contribution in [0.5, 0.6) is 0 Å². The molecule has 1 aliphatic heterocycles. The summed E-state index contributed by atoms with van der Waals surface area (Å²) in [6.07, 6.45) is 14.0. The van der Waals surface area contributed by atoms with Crippen LogP contribution < -0.4 is 10.00 Å². The number of hydrogen-bond donors (Lipinski definition) is 2. The van der Waals surface area contributed by atoms with E-state index in [1.54, 1.807) is 17.8 Å². The van der Waals surface area contributed by atoms with E-state index in [-0.39, 0.29) is 34.8 Å². The first kappa shape index (κ1) is 30.4. The van der Waals surface area contributed by atoms with Crippen molar-refractivity contribution in [1.29, 1.82) is 0 Å². The van der Waals surface area contributed by atoms with Gasteiger partial charge in [-0.1, -0.05) is 55.8 Å². The molecule has 2 N–H and O–H groups in total. The second-order valence-electron chi connectivity index (χ2n) is 13.6. The summed E-state index contributed by atoms with van der Waals surface area (Å²) in [6, 6.07) is 4.24. The maximum Gasteiger partial charge on any atom is 0.319 e. The van der Waals surface area contributed by atoms with Gasteiger partial charge in [-0.25, -0.2) is 4.39 Å². The number of carbonyl (C=O) groups is 2. The molecule has 1 aromatic heterocycles. The summed E-state index contributed by atoms with van der Waals surface area (Å²) in [6.45, 7) is 7.09. The van der Waals surface area contributed by atoms with Crippen molar-refractivity contribution in [2.75, 3.05) is 0 Å². The molecule has 3 aliphatic carbocycles. The van der Waals surface area contributed by atoms with E-state index in [9.17, 15) is 14.0 Å². The molecule has 6 rings (SSSR count). The molecule has 1 spiro atoms. The van der Waals surface area contributed by atoms with E-state index >= 15 is 0 Å². The van der Waals surface area contributed by atoms with Crippen molar-refractivity contribution in [2.24, 2.45) is 29.3 Å². The third-order valence-corrected chi connectivity index (χ3v) is 9.93. The second-order valence-corrected chi connectivity index (χ2v) is 14.0. The molecular weight excluding hydrogens is 581 g/mol. The van der Waals surface area contributed by atoms with Gasteiger partial charge in [0.15, 0.2) is 5.21 Å². The van der Waals surface area contributed by atoms with Crippen molar-refractivity contribution in [3.8, 4) is 0 Å². The van der Waals surface area contributed by atoms with Gasteiger partial charge < -0.3 is 10.2 Å². The second kappa shape index (κ2) is 11.7. The molecule has 4 aliphatic rings. The number of nitrogens with zero attached hydrogens (tertiary/aromatic N) is 5. The fourth-order valence-electron chi connectivity index (χ4n) is 6.89. The Labute approximate surface area is 262 Å². The molecule has 1 aromatic carbocycles. The first-order valence-electron chi connectivity index (χ1n) is 15.5. The quantitative estimate of drug-likeness (QED) is 0.430. The highest BCUT2D eigenvalue weighted by molar-refractivity contribution is 6.47. The molecule has 2 amide bonds. The highest BCUT2D eigenvalue weighted by Gasteiger charge is 2.55. The molecule has 2 heterocycles. The van der Waals surface area contributed by atoms with Gasteiger partial charge in [0.25, 0.3) is 11.8 Å². The summed E-state index contributed by atoms with van der Waals surface area (Å²) in [5, 5.41) is 13.3. The van der Waals surface area contributed by atoms with Crippen molar-refractivity contribution in [3.05, 3.63) is 75.9 Å². The van der Waals surface area contributed by atoms with E-state index in [0.29, 0.717) is 40.9 Å². The number of benzene rings is 1. The molecule has 9 nitrogen and oxygen atoms in total. The predicted octanol–water partition coefficient (Wildman–Crippen LogP) is 4.89. The van der Waals surface area contributed by atoms with Crippen LogP contribution in [0.3, 0.4) is 0 Å². The van der Waals surface area contributed by atoms with Crippen LogP contribution in [-0.2, 0) is 23.2 Å². The Bertz CT molecular complexity index is 1590. The van der Waals surface area contributed by atoms with E-state index < -0.39 is 11.5 Å². The average molecular weight is 621 g/mol. The first-order valence-corrected chi connectivity index (χ1v) is 15.9. The van der Waals surface area contributed by atoms with Crippen LogP contribution in [0.15, 0.2) is 58.6 Å². The van der Waals surface area contributed by atoms with Gasteiger partial charge in [-0.15, -0.1) is 0 Å². The molecule has 232 valence electrons. The number of tetrazole rings is 1. The number of halogens is 2. The first-order chi connectivity index (χ1) is 21.0. The van der Waals surface area contributed by atoms with Crippen LogP contribution in [0.4, 0.5) is 4.39 Å². The molecule has 2 fully saturated rings. The lowest BCUT2D eigenvalue weighted by Crippen LogP contribution is -2.55. The third-order valence-electron chi connectivity index (χ3n) is 9.65. The van der Waals surface area contributed by atoms with Gasteiger partial charge in [0.05, 0.1) is 18.1 Å². The fourth-order valence-corrected chi connectivity index (χ4v) is 7.07. The smallest absolute Gasteiger partial charge is 0.319 e. The highest BCUT2D eigenvalue weighted by Crippen LogP contribution is 2.51. The summed E-state index contributed by atoms with van der Waals surface area (Å²) in [5.74, 6) is 0.595. The van der Waals surface area contributed by atoms with Crippen LogP contribution in [0.25, 0.3) is 0 Å².